The van der Waals surface area contributed by atoms with Crippen LogP contribution >= 0.6 is 0 Å². The quantitative estimate of drug-likeness (QED) is 0.582. The van der Waals surface area contributed by atoms with Crippen molar-refractivity contribution in [3.8, 4) is 0 Å². The first-order valence-electron chi connectivity index (χ1n) is 4.81. The first kappa shape index (κ1) is 8.03. The van der Waals surface area contributed by atoms with E-state index in [9.17, 15) is 4.79 Å². The molecule has 66 valence electrons. The number of rotatable bonds is 1. The van der Waals surface area contributed by atoms with E-state index in [0.717, 1.165) is 12.8 Å². The topological polar surface area (TPSA) is 17.1 Å². The highest BCUT2D eigenvalue weighted by molar-refractivity contribution is 5.95. The molecule has 3 aliphatic rings. The molecule has 0 N–H and O–H groups in total. The van der Waals surface area contributed by atoms with Crippen LogP contribution in [0.1, 0.15) is 33.6 Å². The zero-order valence-electron chi connectivity index (χ0n) is 8.05. The molecule has 0 radical (unpaired) electrons. The van der Waals surface area contributed by atoms with Gasteiger partial charge in [0.05, 0.1) is 0 Å². The lowest BCUT2D eigenvalue weighted by Gasteiger charge is -2.56. The molecule has 0 aromatic carbocycles. The molecule has 0 aromatic heterocycles. The maximum absolute atomic E-state index is 11.5. The van der Waals surface area contributed by atoms with Crippen molar-refractivity contribution in [2.75, 3.05) is 0 Å². The molecule has 0 heterocycles. The van der Waals surface area contributed by atoms with Crippen molar-refractivity contribution >= 4 is 5.78 Å². The second-order valence-electron chi connectivity index (χ2n) is 4.49. The third-order valence-corrected chi connectivity index (χ3v) is 4.09. The van der Waals surface area contributed by atoms with Crippen LogP contribution in [0.25, 0.3) is 0 Å². The molecule has 1 saturated carbocycles. The number of fused-ring (bicyclic) bond motifs is 1. The van der Waals surface area contributed by atoms with Crippen LogP contribution in [0.5, 0.6) is 0 Å². The summed E-state index contributed by atoms with van der Waals surface area (Å²) in [6.07, 6.45) is 4.11. The Morgan fingerprint density at radius 3 is 2.67 bits per heavy atom. The fraction of sp³-hybridized carbons (Fsp3) is 0.727. The van der Waals surface area contributed by atoms with Gasteiger partial charge in [-0.1, -0.05) is 19.4 Å². The maximum Gasteiger partial charge on any atom is 0.159 e. The Balaban J connectivity index is 2.37. The minimum atomic E-state index is 0.302. The fourth-order valence-electron chi connectivity index (χ4n) is 2.92. The molecule has 0 aromatic rings. The number of allylic oxidation sites excluding steroid dienone is 2. The van der Waals surface area contributed by atoms with E-state index < -0.39 is 0 Å². The van der Waals surface area contributed by atoms with Crippen LogP contribution < -0.4 is 0 Å². The van der Waals surface area contributed by atoms with Gasteiger partial charge in [-0.2, -0.15) is 0 Å². The molecule has 0 saturated heterocycles. The lowest BCUT2D eigenvalue weighted by atomic mass is 9.47. The minimum absolute atomic E-state index is 0.302. The second kappa shape index (κ2) is 2.21. The summed E-state index contributed by atoms with van der Waals surface area (Å²) >= 11 is 0. The monoisotopic (exact) mass is 164 g/mol. The summed E-state index contributed by atoms with van der Waals surface area (Å²) < 4.78 is 0. The number of ketones is 1. The van der Waals surface area contributed by atoms with E-state index in [2.05, 4.69) is 20.8 Å². The molecule has 3 aliphatic carbocycles. The largest absolute Gasteiger partial charge is 0.295 e. The molecule has 12 heavy (non-hydrogen) atoms. The lowest BCUT2D eigenvalue weighted by Crippen LogP contribution is -2.53. The van der Waals surface area contributed by atoms with Crippen LogP contribution in [-0.2, 0) is 4.79 Å². The van der Waals surface area contributed by atoms with Crippen molar-refractivity contribution in [2.45, 2.75) is 33.6 Å². The Morgan fingerprint density at radius 2 is 2.25 bits per heavy atom. The van der Waals surface area contributed by atoms with E-state index >= 15 is 0 Å². The predicted octanol–water partition coefficient (Wildman–Crippen LogP) is 2.57. The second-order valence-corrected chi connectivity index (χ2v) is 4.49. The average Bonchev–Trinajstić information content (AvgIpc) is 2.00. The van der Waals surface area contributed by atoms with Crippen molar-refractivity contribution in [1.82, 2.24) is 0 Å². The van der Waals surface area contributed by atoms with Gasteiger partial charge in [0, 0.05) is 5.92 Å². The highest BCUT2D eigenvalue weighted by Gasteiger charge is 2.55. The van der Waals surface area contributed by atoms with Gasteiger partial charge in [0.25, 0.3) is 0 Å². The zero-order valence-corrected chi connectivity index (χ0v) is 8.05. The predicted molar refractivity (Wildman–Crippen MR) is 48.8 cm³/mol. The third-order valence-electron chi connectivity index (χ3n) is 4.09. The van der Waals surface area contributed by atoms with E-state index in [4.69, 9.17) is 0 Å². The molecule has 3 rings (SSSR count). The third kappa shape index (κ3) is 0.720. The molecule has 1 fully saturated rings. The molecule has 3 unspecified atom stereocenters. The van der Waals surface area contributed by atoms with E-state index in [1.165, 1.54) is 5.57 Å². The normalized spacial score (nSPS) is 45.2. The summed E-state index contributed by atoms with van der Waals surface area (Å²) in [6.45, 7) is 6.57. The molecule has 1 nitrogen and oxygen atoms in total. The first-order chi connectivity index (χ1) is 5.59. The highest BCUT2D eigenvalue weighted by Crippen LogP contribution is 2.59. The molecule has 0 aliphatic heterocycles. The number of hydrogen-bond acceptors (Lipinski definition) is 1. The Labute approximate surface area is 73.8 Å². The van der Waals surface area contributed by atoms with Crippen molar-refractivity contribution in [1.29, 1.82) is 0 Å². The molecule has 3 atom stereocenters. The number of carbonyl (C=O) groups excluding carboxylic acids is 1. The van der Waals surface area contributed by atoms with Gasteiger partial charge >= 0.3 is 0 Å². The fourth-order valence-corrected chi connectivity index (χ4v) is 2.92. The van der Waals surface area contributed by atoms with Gasteiger partial charge in [0.15, 0.2) is 5.78 Å². The maximum atomic E-state index is 11.5. The molecule has 0 spiro atoms. The molecular formula is C11H16O. The number of carbonyl (C=O) groups is 1. The Morgan fingerprint density at radius 1 is 1.58 bits per heavy atom. The summed E-state index contributed by atoms with van der Waals surface area (Å²) in [5, 5.41) is 0. The van der Waals surface area contributed by atoms with Gasteiger partial charge in [0.1, 0.15) is 0 Å². The summed E-state index contributed by atoms with van der Waals surface area (Å²) in [5.74, 6) is 1.42. The summed E-state index contributed by atoms with van der Waals surface area (Å²) in [7, 11) is 0. The van der Waals surface area contributed by atoms with E-state index in [1.54, 1.807) is 0 Å². The van der Waals surface area contributed by atoms with Crippen LogP contribution in [0.15, 0.2) is 11.6 Å². The first-order valence-corrected chi connectivity index (χ1v) is 4.81. The van der Waals surface area contributed by atoms with Gasteiger partial charge in [-0.25, -0.2) is 0 Å². The number of hydrogen-bond donors (Lipinski definition) is 0. The van der Waals surface area contributed by atoms with E-state index in [1.807, 2.05) is 6.08 Å². The average molecular weight is 164 g/mol. The molecular weight excluding hydrogens is 148 g/mol. The van der Waals surface area contributed by atoms with Crippen LogP contribution in [-0.4, -0.2) is 5.78 Å². The van der Waals surface area contributed by atoms with Gasteiger partial charge in [0.2, 0.25) is 0 Å². The van der Waals surface area contributed by atoms with Crippen LogP contribution in [0.4, 0.5) is 0 Å². The van der Waals surface area contributed by atoms with Crippen molar-refractivity contribution in [2.24, 2.45) is 17.3 Å². The Kier molecular flexibility index (Phi) is 1.48. The van der Waals surface area contributed by atoms with Crippen LogP contribution in [0.3, 0.4) is 0 Å². The van der Waals surface area contributed by atoms with Crippen LogP contribution in [0, 0.1) is 17.3 Å². The van der Waals surface area contributed by atoms with E-state index in [0.29, 0.717) is 23.0 Å². The van der Waals surface area contributed by atoms with Gasteiger partial charge in [-0.05, 0) is 37.2 Å². The summed E-state index contributed by atoms with van der Waals surface area (Å²) in [6, 6.07) is 0. The smallest absolute Gasteiger partial charge is 0.159 e. The molecule has 1 heteroatoms. The van der Waals surface area contributed by atoms with E-state index in [-0.39, 0.29) is 0 Å². The van der Waals surface area contributed by atoms with Gasteiger partial charge < -0.3 is 0 Å². The van der Waals surface area contributed by atoms with Gasteiger partial charge in [-0.3, -0.25) is 4.79 Å². The SMILES string of the molecule is CCC1(C)C2CC1C(C)=CC2=O. The van der Waals surface area contributed by atoms with Crippen molar-refractivity contribution in [3.05, 3.63) is 11.6 Å². The van der Waals surface area contributed by atoms with Crippen molar-refractivity contribution < 1.29 is 4.79 Å². The van der Waals surface area contributed by atoms with Gasteiger partial charge in [-0.15, -0.1) is 0 Å². The molecule has 0 amide bonds. The standard InChI is InChI=1S/C11H16O/c1-4-11(3)8-6-9(11)10(12)5-7(8)2/h5,8-9H,4,6H2,1-3H3. The minimum Gasteiger partial charge on any atom is -0.295 e. The zero-order chi connectivity index (χ0) is 8.93. The van der Waals surface area contributed by atoms with Crippen LogP contribution in [0.2, 0.25) is 0 Å². The lowest BCUT2D eigenvalue weighted by molar-refractivity contribution is -0.136. The summed E-state index contributed by atoms with van der Waals surface area (Å²) in [5.41, 5.74) is 1.61. The highest BCUT2D eigenvalue weighted by atomic mass is 16.1. The molecule has 2 bridgehead atoms. The Bertz CT molecular complexity index is 264. The van der Waals surface area contributed by atoms with Crippen molar-refractivity contribution in [3.63, 3.8) is 0 Å². The summed E-state index contributed by atoms with van der Waals surface area (Å²) in [4.78, 5) is 11.5. The Hall–Kier alpha value is -0.590.